The Labute approximate surface area is 100 Å². The first-order valence-electron chi connectivity index (χ1n) is 4.52. The quantitative estimate of drug-likeness (QED) is 0.673. The Balaban J connectivity index is 2.78. The van der Waals surface area contributed by atoms with E-state index in [2.05, 4.69) is 4.74 Å². The molecular formula is C10H10F3NO2S. The van der Waals surface area contributed by atoms with E-state index in [1.54, 1.807) is 0 Å². The number of esters is 1. The molecule has 17 heavy (non-hydrogen) atoms. The SMILES string of the molecule is COC(=O)[C@@H](N)c1ccc(SC(F)(F)F)cc1. The number of nitrogens with two attached hydrogens (primary N) is 1. The van der Waals surface area contributed by atoms with Crippen LogP contribution in [0.15, 0.2) is 29.2 Å². The number of carbonyl (C=O) groups excluding carboxylic acids is 1. The summed E-state index contributed by atoms with van der Waals surface area (Å²) in [5.74, 6) is -0.638. The molecule has 0 fully saturated rings. The maximum Gasteiger partial charge on any atom is 0.446 e. The largest absolute Gasteiger partial charge is 0.468 e. The maximum absolute atomic E-state index is 12.0. The summed E-state index contributed by atoms with van der Waals surface area (Å²) in [7, 11) is 1.19. The molecule has 0 amide bonds. The summed E-state index contributed by atoms with van der Waals surface area (Å²) in [6.07, 6.45) is 0. The molecular weight excluding hydrogens is 255 g/mol. The van der Waals surface area contributed by atoms with E-state index in [1.807, 2.05) is 0 Å². The van der Waals surface area contributed by atoms with Crippen LogP contribution in [0.2, 0.25) is 0 Å². The predicted molar refractivity (Wildman–Crippen MR) is 57.3 cm³/mol. The van der Waals surface area contributed by atoms with Crippen LogP contribution in [0.5, 0.6) is 0 Å². The maximum atomic E-state index is 12.0. The number of thioether (sulfide) groups is 1. The van der Waals surface area contributed by atoms with Crippen LogP contribution in [0, 0.1) is 0 Å². The van der Waals surface area contributed by atoms with E-state index >= 15 is 0 Å². The fourth-order valence-corrected chi connectivity index (χ4v) is 1.68. The summed E-state index contributed by atoms with van der Waals surface area (Å²) in [6, 6.07) is 4.28. The highest BCUT2D eigenvalue weighted by atomic mass is 32.2. The number of benzene rings is 1. The number of halogens is 3. The van der Waals surface area contributed by atoms with Crippen molar-refractivity contribution in [2.45, 2.75) is 16.4 Å². The van der Waals surface area contributed by atoms with Gasteiger partial charge in [-0.05, 0) is 29.5 Å². The second-order valence-electron chi connectivity index (χ2n) is 3.12. The molecule has 2 N–H and O–H groups in total. The molecule has 0 spiro atoms. The van der Waals surface area contributed by atoms with Crippen LogP contribution in [0.3, 0.4) is 0 Å². The van der Waals surface area contributed by atoms with E-state index < -0.39 is 17.5 Å². The minimum absolute atomic E-state index is 0.0401. The summed E-state index contributed by atoms with van der Waals surface area (Å²) in [4.78, 5) is 11.1. The summed E-state index contributed by atoms with van der Waals surface area (Å²) in [5.41, 5.74) is 1.60. The number of carbonyl (C=O) groups is 1. The highest BCUT2D eigenvalue weighted by Crippen LogP contribution is 2.36. The van der Waals surface area contributed by atoms with Gasteiger partial charge in [-0.2, -0.15) is 13.2 Å². The first-order valence-corrected chi connectivity index (χ1v) is 5.34. The van der Waals surface area contributed by atoms with Gasteiger partial charge in [0.05, 0.1) is 7.11 Å². The predicted octanol–water partition coefficient (Wildman–Crippen LogP) is 2.47. The van der Waals surface area contributed by atoms with Crippen LogP contribution in [0.1, 0.15) is 11.6 Å². The fourth-order valence-electron chi connectivity index (χ4n) is 1.14. The molecule has 0 heterocycles. The van der Waals surface area contributed by atoms with E-state index in [4.69, 9.17) is 5.73 Å². The van der Waals surface area contributed by atoms with Gasteiger partial charge in [0.15, 0.2) is 0 Å². The molecule has 1 aromatic rings. The molecule has 0 aliphatic heterocycles. The second-order valence-corrected chi connectivity index (χ2v) is 4.26. The van der Waals surface area contributed by atoms with Crippen molar-refractivity contribution in [2.24, 2.45) is 5.73 Å². The van der Waals surface area contributed by atoms with Gasteiger partial charge in [0.1, 0.15) is 6.04 Å². The zero-order chi connectivity index (χ0) is 13.1. The van der Waals surface area contributed by atoms with Crippen LogP contribution >= 0.6 is 11.8 Å². The Kier molecular flexibility index (Phi) is 4.41. The lowest BCUT2D eigenvalue weighted by molar-refractivity contribution is -0.142. The minimum atomic E-state index is -4.33. The zero-order valence-electron chi connectivity index (χ0n) is 8.82. The van der Waals surface area contributed by atoms with Crippen LogP contribution in [0.4, 0.5) is 13.2 Å². The van der Waals surface area contributed by atoms with Gasteiger partial charge in [-0.25, -0.2) is 0 Å². The van der Waals surface area contributed by atoms with Gasteiger partial charge in [-0.15, -0.1) is 0 Å². The Morgan fingerprint density at radius 3 is 2.29 bits per heavy atom. The molecule has 0 unspecified atom stereocenters. The van der Waals surface area contributed by atoms with Crippen LogP contribution in [0.25, 0.3) is 0 Å². The number of alkyl halides is 3. The van der Waals surface area contributed by atoms with Gasteiger partial charge in [0.25, 0.3) is 0 Å². The second kappa shape index (κ2) is 5.42. The summed E-state index contributed by atoms with van der Waals surface area (Å²) < 4.78 is 40.6. The molecule has 0 bridgehead atoms. The third kappa shape index (κ3) is 4.27. The van der Waals surface area contributed by atoms with Crippen molar-refractivity contribution in [1.29, 1.82) is 0 Å². The zero-order valence-corrected chi connectivity index (χ0v) is 9.64. The molecule has 7 heteroatoms. The Bertz CT molecular complexity index is 392. The lowest BCUT2D eigenvalue weighted by atomic mass is 10.1. The third-order valence-electron chi connectivity index (χ3n) is 1.93. The van der Waals surface area contributed by atoms with Gasteiger partial charge >= 0.3 is 11.5 Å². The first-order chi connectivity index (χ1) is 7.83. The smallest absolute Gasteiger partial charge is 0.446 e. The average molecular weight is 265 g/mol. The van der Waals surface area contributed by atoms with Crippen molar-refractivity contribution in [3.63, 3.8) is 0 Å². The number of methoxy groups -OCH3 is 1. The van der Waals surface area contributed by atoms with Gasteiger partial charge in [0.2, 0.25) is 0 Å². The lowest BCUT2D eigenvalue weighted by Crippen LogP contribution is -2.22. The normalized spacial score (nSPS) is 13.2. The topological polar surface area (TPSA) is 52.3 Å². The Morgan fingerprint density at radius 1 is 1.35 bits per heavy atom. The molecule has 94 valence electrons. The standard InChI is InChI=1S/C10H10F3NO2S/c1-16-9(15)8(14)6-2-4-7(5-3-6)17-10(11,12)13/h2-5,8H,14H2,1H3/t8-/m0/s1. The molecule has 1 rings (SSSR count). The Hall–Kier alpha value is -1.21. The number of hydrogen-bond donors (Lipinski definition) is 1. The van der Waals surface area contributed by atoms with E-state index in [0.29, 0.717) is 5.56 Å². The van der Waals surface area contributed by atoms with Crippen molar-refractivity contribution in [2.75, 3.05) is 7.11 Å². The molecule has 0 aliphatic rings. The molecule has 0 aliphatic carbocycles. The molecule has 3 nitrogen and oxygen atoms in total. The first kappa shape index (κ1) is 13.9. The van der Waals surface area contributed by atoms with Crippen molar-refractivity contribution in [3.8, 4) is 0 Å². The number of rotatable bonds is 3. The van der Waals surface area contributed by atoms with Crippen molar-refractivity contribution >= 4 is 17.7 Å². The van der Waals surface area contributed by atoms with Gasteiger partial charge < -0.3 is 10.5 Å². The number of hydrogen-bond acceptors (Lipinski definition) is 4. The molecule has 0 radical (unpaired) electrons. The molecule has 0 aromatic heterocycles. The van der Waals surface area contributed by atoms with Crippen molar-refractivity contribution < 1.29 is 22.7 Å². The lowest BCUT2D eigenvalue weighted by Gasteiger charge is -2.10. The molecule has 1 aromatic carbocycles. The minimum Gasteiger partial charge on any atom is -0.468 e. The van der Waals surface area contributed by atoms with Gasteiger partial charge in [0, 0.05) is 4.90 Å². The molecule has 0 saturated heterocycles. The number of ether oxygens (including phenoxy) is 1. The van der Waals surface area contributed by atoms with Crippen LogP contribution in [-0.2, 0) is 9.53 Å². The van der Waals surface area contributed by atoms with E-state index in [9.17, 15) is 18.0 Å². The highest BCUT2D eigenvalue weighted by Gasteiger charge is 2.29. The summed E-state index contributed by atoms with van der Waals surface area (Å²) in [5, 5.41) is 0. The van der Waals surface area contributed by atoms with Crippen LogP contribution in [-0.4, -0.2) is 18.6 Å². The van der Waals surface area contributed by atoms with Gasteiger partial charge in [-0.3, -0.25) is 4.79 Å². The molecule has 0 saturated carbocycles. The Morgan fingerprint density at radius 2 is 1.88 bits per heavy atom. The van der Waals surface area contributed by atoms with Crippen molar-refractivity contribution in [3.05, 3.63) is 29.8 Å². The van der Waals surface area contributed by atoms with E-state index in [0.717, 1.165) is 0 Å². The van der Waals surface area contributed by atoms with Crippen molar-refractivity contribution in [1.82, 2.24) is 0 Å². The van der Waals surface area contributed by atoms with Gasteiger partial charge in [-0.1, -0.05) is 12.1 Å². The third-order valence-corrected chi connectivity index (χ3v) is 2.67. The summed E-state index contributed by atoms with van der Waals surface area (Å²) in [6.45, 7) is 0. The van der Waals surface area contributed by atoms with Crippen LogP contribution < -0.4 is 5.73 Å². The molecule has 1 atom stereocenters. The average Bonchev–Trinajstić information content (AvgIpc) is 2.26. The monoisotopic (exact) mass is 265 g/mol. The highest BCUT2D eigenvalue weighted by molar-refractivity contribution is 8.00. The van der Waals surface area contributed by atoms with E-state index in [1.165, 1.54) is 31.4 Å². The summed E-state index contributed by atoms with van der Waals surface area (Å²) >= 11 is -0.222. The fraction of sp³-hybridized carbons (Fsp3) is 0.300. The van der Waals surface area contributed by atoms with E-state index in [-0.39, 0.29) is 16.7 Å².